The zero-order valence-electron chi connectivity index (χ0n) is 9.30. The molecule has 0 bridgehead atoms. The van der Waals surface area contributed by atoms with Gasteiger partial charge in [-0.05, 0) is 18.2 Å². The molecular weight excluding hydrogens is 250 g/mol. The molecule has 0 spiro atoms. The maximum absolute atomic E-state index is 11.9. The lowest BCUT2D eigenvalue weighted by Crippen LogP contribution is -2.11. The van der Waals surface area contributed by atoms with Crippen LogP contribution in [-0.4, -0.2) is 5.91 Å². The van der Waals surface area contributed by atoms with Crippen LogP contribution in [0.15, 0.2) is 48.5 Å². The van der Waals surface area contributed by atoms with Gasteiger partial charge >= 0.3 is 5.69 Å². The molecule has 2 aromatic rings. The highest BCUT2D eigenvalue weighted by Gasteiger charge is 2.12. The zero-order valence-corrected chi connectivity index (χ0v) is 10.1. The molecule has 2 rings (SSSR count). The van der Waals surface area contributed by atoms with Crippen molar-refractivity contribution in [2.45, 2.75) is 0 Å². The van der Waals surface area contributed by atoms with Crippen LogP contribution >= 0.6 is 11.6 Å². The van der Waals surface area contributed by atoms with Crippen LogP contribution in [0.4, 0.5) is 11.4 Å². The van der Waals surface area contributed by atoms with E-state index in [9.17, 15) is 4.79 Å². The molecule has 4 nitrogen and oxygen atoms in total. The van der Waals surface area contributed by atoms with E-state index in [0.29, 0.717) is 22.0 Å². The van der Waals surface area contributed by atoms with Crippen LogP contribution in [0.25, 0.3) is 4.98 Å². The smallest absolute Gasteiger partial charge is 0.321 e. The first kappa shape index (κ1) is 12.1. The third-order valence-corrected chi connectivity index (χ3v) is 2.67. The summed E-state index contributed by atoms with van der Waals surface area (Å²) in [4.78, 5) is 14.9. The molecule has 1 amide bonds. The molecule has 18 heavy (non-hydrogen) atoms. The maximum Gasteiger partial charge on any atom is 0.386 e. The summed E-state index contributed by atoms with van der Waals surface area (Å²) in [7, 11) is 0. The zero-order chi connectivity index (χ0) is 13.0. The average Bonchev–Trinajstić information content (AvgIpc) is 2.42. The Kier molecular flexibility index (Phi) is 3.56. The quantitative estimate of drug-likeness (QED) is 0.825. The Labute approximate surface area is 109 Å². The fourth-order valence-electron chi connectivity index (χ4n) is 1.45. The number of diazo groups is 1. The Balaban J connectivity index is 2.20. The van der Waals surface area contributed by atoms with Gasteiger partial charge < -0.3 is 5.32 Å². The second-order valence-electron chi connectivity index (χ2n) is 3.58. The first-order valence-corrected chi connectivity index (χ1v) is 5.59. The molecule has 0 aliphatic carbocycles. The van der Waals surface area contributed by atoms with Crippen molar-refractivity contribution < 1.29 is 4.79 Å². The van der Waals surface area contributed by atoms with Crippen molar-refractivity contribution in [2.75, 3.05) is 5.32 Å². The number of nitrogens with one attached hydrogen (secondary N) is 1. The fourth-order valence-corrected chi connectivity index (χ4v) is 1.67. The predicted octanol–water partition coefficient (Wildman–Crippen LogP) is 4.08. The Morgan fingerprint density at radius 3 is 2.50 bits per heavy atom. The molecule has 2 aromatic carbocycles. The molecule has 0 radical (unpaired) electrons. The minimum atomic E-state index is -0.244. The third-order valence-electron chi connectivity index (χ3n) is 2.35. The van der Waals surface area contributed by atoms with Gasteiger partial charge in [0, 0.05) is 11.6 Å². The van der Waals surface area contributed by atoms with Crippen molar-refractivity contribution in [2.24, 2.45) is 0 Å². The molecule has 0 aromatic heterocycles. The number of nitrogens with zero attached hydrogens (tertiary/aromatic N) is 2. The number of halogens is 1. The predicted molar refractivity (Wildman–Crippen MR) is 70.6 cm³/mol. The van der Waals surface area contributed by atoms with Gasteiger partial charge in [-0.25, -0.2) is 0 Å². The topological polar surface area (TPSA) is 57.2 Å². The lowest BCUT2D eigenvalue weighted by Gasteiger charge is -2.05. The Morgan fingerprint density at radius 2 is 1.89 bits per heavy atom. The number of amides is 1. The number of hydrogen-bond acceptors (Lipinski definition) is 2. The van der Waals surface area contributed by atoms with E-state index in [2.05, 4.69) is 10.3 Å². The van der Waals surface area contributed by atoms with Gasteiger partial charge in [0.15, 0.2) is 4.98 Å². The van der Waals surface area contributed by atoms with Gasteiger partial charge in [-0.1, -0.05) is 29.8 Å². The highest BCUT2D eigenvalue weighted by atomic mass is 35.5. The van der Waals surface area contributed by atoms with Crippen LogP contribution in [-0.2, 0) is 0 Å². The first-order chi connectivity index (χ1) is 8.70. The largest absolute Gasteiger partial charge is 0.386 e. The molecule has 1 N–H and O–H groups in total. The summed E-state index contributed by atoms with van der Waals surface area (Å²) in [6, 6.07) is 13.4. The van der Waals surface area contributed by atoms with Crippen LogP contribution in [0.3, 0.4) is 0 Å². The van der Waals surface area contributed by atoms with E-state index in [1.165, 1.54) is 6.07 Å². The van der Waals surface area contributed by atoms with Gasteiger partial charge in [0.2, 0.25) is 5.39 Å². The molecule has 0 atom stereocenters. The van der Waals surface area contributed by atoms with Crippen molar-refractivity contribution >= 4 is 28.9 Å². The number of benzene rings is 2. The normalized spacial score (nSPS) is 9.56. The Hall–Kier alpha value is -2.38. The summed E-state index contributed by atoms with van der Waals surface area (Å²) in [5.74, 6) is -0.244. The highest BCUT2D eigenvalue weighted by Crippen LogP contribution is 2.27. The van der Waals surface area contributed by atoms with Crippen LogP contribution in [0.1, 0.15) is 10.4 Å². The molecule has 0 unspecified atom stereocenters. The van der Waals surface area contributed by atoms with Crippen molar-refractivity contribution in [3.63, 3.8) is 0 Å². The number of anilines is 1. The molecule has 0 aliphatic heterocycles. The van der Waals surface area contributed by atoms with Gasteiger partial charge in [0.1, 0.15) is 0 Å². The molecular formula is C13H9ClN3O+. The number of carbonyl (C=O) groups excluding carboxylic acids is 1. The van der Waals surface area contributed by atoms with E-state index in [-0.39, 0.29) is 5.91 Å². The molecule has 0 saturated carbocycles. The number of hydrogen-bond donors (Lipinski definition) is 1. The monoisotopic (exact) mass is 258 g/mol. The number of rotatable bonds is 2. The highest BCUT2D eigenvalue weighted by molar-refractivity contribution is 6.34. The second kappa shape index (κ2) is 5.30. The van der Waals surface area contributed by atoms with Gasteiger partial charge in [-0.15, -0.1) is 0 Å². The molecule has 0 aliphatic rings. The molecule has 0 saturated heterocycles. The Bertz CT molecular complexity index is 620. The molecule has 0 fully saturated rings. The lowest BCUT2D eigenvalue weighted by atomic mass is 10.2. The summed E-state index contributed by atoms with van der Waals surface area (Å²) in [5, 5.41) is 11.6. The van der Waals surface area contributed by atoms with E-state index >= 15 is 0 Å². The summed E-state index contributed by atoms with van der Waals surface area (Å²) >= 11 is 5.95. The first-order valence-electron chi connectivity index (χ1n) is 5.22. The fraction of sp³-hybridized carbons (Fsp3) is 0. The van der Waals surface area contributed by atoms with Crippen molar-refractivity contribution in [1.29, 1.82) is 5.39 Å². The maximum atomic E-state index is 11.9. The molecule has 0 heterocycles. The molecule has 88 valence electrons. The molecule has 5 heteroatoms. The number of carbonyl (C=O) groups is 1. The average molecular weight is 259 g/mol. The van der Waals surface area contributed by atoms with E-state index in [0.717, 1.165) is 0 Å². The summed E-state index contributed by atoms with van der Waals surface area (Å²) in [6.07, 6.45) is 0. The van der Waals surface area contributed by atoms with E-state index in [1.807, 2.05) is 6.07 Å². The van der Waals surface area contributed by atoms with E-state index in [1.54, 1.807) is 36.4 Å². The standard InChI is InChI=1S/C13H8ClN3O/c14-11-8-10(17-15)6-7-12(11)16-13(18)9-4-2-1-3-5-9/h1-8H/p+1. The Morgan fingerprint density at radius 1 is 1.17 bits per heavy atom. The van der Waals surface area contributed by atoms with Gasteiger partial charge in [-0.2, -0.15) is 0 Å². The van der Waals surface area contributed by atoms with Crippen molar-refractivity contribution in [1.82, 2.24) is 0 Å². The SMILES string of the molecule is N#[N+]c1ccc(NC(=O)c2ccccc2)c(Cl)c1. The lowest BCUT2D eigenvalue weighted by molar-refractivity contribution is 0.102. The summed E-state index contributed by atoms with van der Waals surface area (Å²) in [5.41, 5.74) is 1.35. The van der Waals surface area contributed by atoms with Crippen LogP contribution in [0.5, 0.6) is 0 Å². The van der Waals surface area contributed by atoms with Gasteiger partial charge in [-0.3, -0.25) is 4.79 Å². The summed E-state index contributed by atoms with van der Waals surface area (Å²) < 4.78 is 0. The summed E-state index contributed by atoms with van der Waals surface area (Å²) in [6.45, 7) is 0. The minimum Gasteiger partial charge on any atom is -0.321 e. The van der Waals surface area contributed by atoms with Crippen LogP contribution in [0.2, 0.25) is 5.02 Å². The van der Waals surface area contributed by atoms with Crippen LogP contribution < -0.4 is 5.32 Å². The minimum absolute atomic E-state index is 0.244. The van der Waals surface area contributed by atoms with Gasteiger partial charge in [0.25, 0.3) is 5.91 Å². The van der Waals surface area contributed by atoms with E-state index in [4.69, 9.17) is 17.0 Å². The van der Waals surface area contributed by atoms with Crippen LogP contribution in [0, 0.1) is 5.39 Å². The van der Waals surface area contributed by atoms with Crippen molar-refractivity contribution in [3.8, 4) is 0 Å². The van der Waals surface area contributed by atoms with E-state index < -0.39 is 0 Å². The van der Waals surface area contributed by atoms with Gasteiger partial charge in [0.05, 0.1) is 16.8 Å². The third kappa shape index (κ3) is 2.65. The van der Waals surface area contributed by atoms with Crippen molar-refractivity contribution in [3.05, 3.63) is 64.1 Å². The second-order valence-corrected chi connectivity index (χ2v) is 3.99.